The maximum absolute atomic E-state index is 12.9. The summed E-state index contributed by atoms with van der Waals surface area (Å²) >= 11 is 1.56. The molecule has 2 aromatic heterocycles. The van der Waals surface area contributed by atoms with Gasteiger partial charge in [0.2, 0.25) is 0 Å². The Bertz CT molecular complexity index is 706. The van der Waals surface area contributed by atoms with Gasteiger partial charge in [0.05, 0.1) is 5.56 Å². The molecule has 6 nitrogen and oxygen atoms in total. The fraction of sp³-hybridized carbons (Fsp3) is 0.588. The molecule has 0 saturated carbocycles. The first-order chi connectivity index (χ1) is 11.7. The van der Waals surface area contributed by atoms with E-state index in [9.17, 15) is 4.79 Å². The van der Waals surface area contributed by atoms with Gasteiger partial charge in [-0.2, -0.15) is 11.3 Å². The Labute approximate surface area is 145 Å². The highest BCUT2D eigenvalue weighted by atomic mass is 32.1. The molecule has 2 saturated heterocycles. The zero-order chi connectivity index (χ0) is 16.6. The summed E-state index contributed by atoms with van der Waals surface area (Å²) in [6, 6.07) is 1.91. The van der Waals surface area contributed by atoms with Crippen molar-refractivity contribution in [2.24, 2.45) is 5.41 Å². The Balaban J connectivity index is 1.67. The monoisotopic (exact) mass is 346 g/mol. The summed E-state index contributed by atoms with van der Waals surface area (Å²) in [4.78, 5) is 14.9. The maximum atomic E-state index is 12.9. The zero-order valence-electron chi connectivity index (χ0n) is 13.9. The van der Waals surface area contributed by atoms with Gasteiger partial charge in [0.1, 0.15) is 12.2 Å². The third-order valence-electron chi connectivity index (χ3n) is 5.49. The lowest BCUT2D eigenvalue weighted by Crippen LogP contribution is -2.37. The van der Waals surface area contributed by atoms with Crippen LogP contribution in [0.15, 0.2) is 23.2 Å². The molecular weight excluding hydrogens is 324 g/mol. The standard InChI is InChI=1S/C17H22N4O2S/c1-2-20-12-18-19-15(20)14-9-21(16(22)13-3-8-24-10-13)11-17(14)4-6-23-7-5-17/h3,8,10,12,14H,2,4-7,9,11H2,1H3. The number of nitrogens with zero attached hydrogens (tertiary/aromatic N) is 4. The van der Waals surface area contributed by atoms with Crippen LogP contribution < -0.4 is 0 Å². The van der Waals surface area contributed by atoms with Gasteiger partial charge in [0, 0.05) is 49.6 Å². The highest BCUT2D eigenvalue weighted by Gasteiger charge is 2.51. The second-order valence-corrected chi connectivity index (χ2v) is 7.48. The molecule has 0 N–H and O–H groups in total. The zero-order valence-corrected chi connectivity index (χ0v) is 14.7. The van der Waals surface area contributed by atoms with Crippen LogP contribution in [0.3, 0.4) is 0 Å². The van der Waals surface area contributed by atoms with Crippen LogP contribution in [-0.2, 0) is 11.3 Å². The molecule has 128 valence electrons. The van der Waals surface area contributed by atoms with Crippen molar-refractivity contribution in [2.45, 2.75) is 32.2 Å². The fourth-order valence-corrected chi connectivity index (χ4v) is 4.74. The summed E-state index contributed by atoms with van der Waals surface area (Å²) < 4.78 is 7.71. The van der Waals surface area contributed by atoms with Crippen molar-refractivity contribution in [3.05, 3.63) is 34.5 Å². The van der Waals surface area contributed by atoms with Gasteiger partial charge in [-0.25, -0.2) is 0 Å². The predicted molar refractivity (Wildman–Crippen MR) is 91.1 cm³/mol. The van der Waals surface area contributed by atoms with Crippen molar-refractivity contribution in [3.63, 3.8) is 0 Å². The number of carbonyl (C=O) groups excluding carboxylic acids is 1. The number of carbonyl (C=O) groups is 1. The fourth-order valence-electron chi connectivity index (χ4n) is 4.11. The number of rotatable bonds is 3. The second kappa shape index (κ2) is 6.29. The molecule has 1 spiro atoms. The first kappa shape index (κ1) is 15.8. The lowest BCUT2D eigenvalue weighted by atomic mass is 9.71. The average molecular weight is 346 g/mol. The normalized spacial score (nSPS) is 23.0. The van der Waals surface area contributed by atoms with E-state index in [2.05, 4.69) is 21.7 Å². The molecule has 2 aliphatic rings. The molecule has 2 aromatic rings. The van der Waals surface area contributed by atoms with Crippen molar-refractivity contribution >= 4 is 17.2 Å². The molecule has 0 aliphatic carbocycles. The van der Waals surface area contributed by atoms with Crippen LogP contribution in [-0.4, -0.2) is 51.9 Å². The predicted octanol–water partition coefficient (Wildman–Crippen LogP) is 2.40. The van der Waals surface area contributed by atoms with E-state index in [-0.39, 0.29) is 17.2 Å². The van der Waals surface area contributed by atoms with Gasteiger partial charge in [0.25, 0.3) is 5.91 Å². The Morgan fingerprint density at radius 3 is 3.00 bits per heavy atom. The SMILES string of the molecule is CCn1cnnc1C1CN(C(=O)c2ccsc2)CC12CCOCC2. The molecule has 1 unspecified atom stereocenters. The number of hydrogen-bond acceptors (Lipinski definition) is 5. The molecule has 7 heteroatoms. The highest BCUT2D eigenvalue weighted by Crippen LogP contribution is 2.49. The first-order valence-electron chi connectivity index (χ1n) is 8.50. The maximum Gasteiger partial charge on any atom is 0.254 e. The van der Waals surface area contributed by atoms with Crippen molar-refractivity contribution < 1.29 is 9.53 Å². The highest BCUT2D eigenvalue weighted by molar-refractivity contribution is 7.08. The van der Waals surface area contributed by atoms with Gasteiger partial charge in [-0.3, -0.25) is 4.79 Å². The number of aryl methyl sites for hydroxylation is 1. The van der Waals surface area contributed by atoms with Crippen molar-refractivity contribution in [2.75, 3.05) is 26.3 Å². The van der Waals surface area contributed by atoms with Gasteiger partial charge < -0.3 is 14.2 Å². The summed E-state index contributed by atoms with van der Waals surface area (Å²) in [5.41, 5.74) is 0.851. The Hall–Kier alpha value is -1.73. The van der Waals surface area contributed by atoms with Gasteiger partial charge in [-0.05, 0) is 31.2 Å². The Morgan fingerprint density at radius 2 is 2.29 bits per heavy atom. The average Bonchev–Trinajstić information content (AvgIpc) is 3.34. The molecular formula is C17H22N4O2S. The minimum atomic E-state index is 0.0594. The third-order valence-corrected chi connectivity index (χ3v) is 6.17. The lowest BCUT2D eigenvalue weighted by molar-refractivity contribution is 0.0107. The first-order valence-corrected chi connectivity index (χ1v) is 9.45. The van der Waals surface area contributed by atoms with Gasteiger partial charge in [-0.15, -0.1) is 10.2 Å². The summed E-state index contributed by atoms with van der Waals surface area (Å²) in [6.07, 6.45) is 3.75. The topological polar surface area (TPSA) is 60.2 Å². The molecule has 24 heavy (non-hydrogen) atoms. The summed E-state index contributed by atoms with van der Waals surface area (Å²) in [5, 5.41) is 12.4. The van der Waals surface area contributed by atoms with Crippen molar-refractivity contribution in [1.29, 1.82) is 0 Å². The van der Waals surface area contributed by atoms with E-state index in [1.54, 1.807) is 17.7 Å². The second-order valence-electron chi connectivity index (χ2n) is 6.70. The molecule has 4 heterocycles. The van der Waals surface area contributed by atoms with Crippen LogP contribution in [0.4, 0.5) is 0 Å². The van der Waals surface area contributed by atoms with Crippen LogP contribution in [0, 0.1) is 5.41 Å². The van der Waals surface area contributed by atoms with Crippen molar-refractivity contribution in [3.8, 4) is 0 Å². The number of likely N-dealkylation sites (tertiary alicyclic amines) is 1. The van der Waals surface area contributed by atoms with Gasteiger partial charge in [0.15, 0.2) is 0 Å². The lowest BCUT2D eigenvalue weighted by Gasteiger charge is -2.37. The molecule has 0 aromatic carbocycles. The van der Waals surface area contributed by atoms with Crippen LogP contribution in [0.1, 0.15) is 41.9 Å². The van der Waals surface area contributed by atoms with E-state index in [0.717, 1.165) is 50.5 Å². The largest absolute Gasteiger partial charge is 0.381 e. The Kier molecular flexibility index (Phi) is 4.14. The number of ether oxygens (including phenoxy) is 1. The van der Waals surface area contributed by atoms with Crippen LogP contribution in [0.25, 0.3) is 0 Å². The van der Waals surface area contributed by atoms with Crippen LogP contribution in [0.5, 0.6) is 0 Å². The number of hydrogen-bond donors (Lipinski definition) is 0. The minimum Gasteiger partial charge on any atom is -0.381 e. The molecule has 2 aliphatic heterocycles. The Morgan fingerprint density at radius 1 is 1.46 bits per heavy atom. The minimum absolute atomic E-state index is 0.0594. The number of amides is 1. The summed E-state index contributed by atoms with van der Waals surface area (Å²) in [7, 11) is 0. The molecule has 0 radical (unpaired) electrons. The van der Waals surface area contributed by atoms with E-state index in [1.165, 1.54) is 0 Å². The van der Waals surface area contributed by atoms with E-state index >= 15 is 0 Å². The van der Waals surface area contributed by atoms with E-state index in [4.69, 9.17) is 4.74 Å². The number of aromatic nitrogens is 3. The smallest absolute Gasteiger partial charge is 0.254 e. The van der Waals surface area contributed by atoms with Crippen molar-refractivity contribution in [1.82, 2.24) is 19.7 Å². The summed E-state index contributed by atoms with van der Waals surface area (Å²) in [5.74, 6) is 1.37. The molecule has 1 atom stereocenters. The van der Waals surface area contributed by atoms with Crippen LogP contribution in [0.2, 0.25) is 0 Å². The molecule has 4 rings (SSSR count). The quantitative estimate of drug-likeness (QED) is 0.856. The van der Waals surface area contributed by atoms with Gasteiger partial charge in [-0.1, -0.05) is 0 Å². The van der Waals surface area contributed by atoms with Gasteiger partial charge >= 0.3 is 0 Å². The molecule has 2 fully saturated rings. The number of thiophene rings is 1. The van der Waals surface area contributed by atoms with E-state index in [0.29, 0.717) is 6.54 Å². The van der Waals surface area contributed by atoms with Crippen LogP contribution >= 0.6 is 11.3 Å². The van der Waals surface area contributed by atoms with E-state index < -0.39 is 0 Å². The third kappa shape index (κ3) is 2.56. The molecule has 0 bridgehead atoms. The molecule has 1 amide bonds. The van der Waals surface area contributed by atoms with E-state index in [1.807, 2.05) is 21.7 Å². The summed E-state index contributed by atoms with van der Waals surface area (Å²) in [6.45, 7) is 5.98.